The normalized spacial score (nSPS) is 19.6. The van der Waals surface area contributed by atoms with Gasteiger partial charge in [-0.2, -0.15) is 8.42 Å². The van der Waals surface area contributed by atoms with Crippen LogP contribution in [0.25, 0.3) is 0 Å². The van der Waals surface area contributed by atoms with Crippen LogP contribution >= 0.6 is 11.6 Å². The number of amides is 1. The highest BCUT2D eigenvalue weighted by Gasteiger charge is 2.33. The quantitative estimate of drug-likeness (QED) is 0.798. The molecule has 1 fully saturated rings. The van der Waals surface area contributed by atoms with Crippen LogP contribution in [0.4, 0.5) is 8.28 Å². The van der Waals surface area contributed by atoms with Crippen molar-refractivity contribution in [1.29, 1.82) is 0 Å². The molecule has 0 bridgehead atoms. The monoisotopic (exact) mass is 323 g/mol. The number of carbonyl (C=O) groups excluding carboxylic acids is 1. The highest BCUT2D eigenvalue weighted by atomic mass is 35.5. The SMILES string of the molecule is O=C1CC(CS(=O)(=O)F)CN1Cc1cc(F)ccc1Cl. The zero-order valence-electron chi connectivity index (χ0n) is 10.4. The number of likely N-dealkylation sites (tertiary alicyclic amines) is 1. The first-order chi connectivity index (χ1) is 9.24. The standard InChI is InChI=1S/C12H12ClF2NO3S/c13-11-2-1-10(14)4-9(11)6-16-5-8(3-12(16)17)7-20(15,18)19/h1-2,4,8H,3,5-7H2. The molecule has 110 valence electrons. The zero-order chi connectivity index (χ0) is 14.9. The van der Waals surface area contributed by atoms with Crippen LogP contribution < -0.4 is 0 Å². The zero-order valence-corrected chi connectivity index (χ0v) is 11.9. The Morgan fingerprint density at radius 3 is 2.75 bits per heavy atom. The van der Waals surface area contributed by atoms with Gasteiger partial charge in [0.05, 0.1) is 5.75 Å². The van der Waals surface area contributed by atoms with Crippen molar-refractivity contribution in [2.45, 2.75) is 13.0 Å². The largest absolute Gasteiger partial charge is 0.338 e. The average molecular weight is 324 g/mol. The number of nitrogens with zero attached hydrogens (tertiary/aromatic N) is 1. The van der Waals surface area contributed by atoms with Crippen LogP contribution in [0.2, 0.25) is 5.02 Å². The molecule has 0 spiro atoms. The Balaban J connectivity index is 2.07. The van der Waals surface area contributed by atoms with Crippen LogP contribution in [0.1, 0.15) is 12.0 Å². The molecule has 2 rings (SSSR count). The fraction of sp³-hybridized carbons (Fsp3) is 0.417. The summed E-state index contributed by atoms with van der Waals surface area (Å²) in [6, 6.07) is 3.81. The maximum atomic E-state index is 13.1. The molecule has 1 saturated heterocycles. The van der Waals surface area contributed by atoms with Crippen LogP contribution in [-0.2, 0) is 21.6 Å². The van der Waals surface area contributed by atoms with Crippen molar-refractivity contribution in [1.82, 2.24) is 4.90 Å². The van der Waals surface area contributed by atoms with Crippen molar-refractivity contribution < 1.29 is 21.5 Å². The number of hydrogen-bond donors (Lipinski definition) is 0. The van der Waals surface area contributed by atoms with E-state index in [4.69, 9.17) is 11.6 Å². The molecule has 4 nitrogen and oxygen atoms in total. The molecule has 1 unspecified atom stereocenters. The minimum Gasteiger partial charge on any atom is -0.338 e. The molecule has 0 saturated carbocycles. The highest BCUT2D eigenvalue weighted by Crippen LogP contribution is 2.25. The first kappa shape index (κ1) is 15.2. The van der Waals surface area contributed by atoms with E-state index in [1.807, 2.05) is 0 Å². The summed E-state index contributed by atoms with van der Waals surface area (Å²) in [5.41, 5.74) is 0.434. The lowest BCUT2D eigenvalue weighted by Gasteiger charge is -2.17. The van der Waals surface area contributed by atoms with Gasteiger partial charge in [0, 0.05) is 30.5 Å². The third-order valence-electron chi connectivity index (χ3n) is 3.10. The second-order valence-electron chi connectivity index (χ2n) is 4.79. The van der Waals surface area contributed by atoms with Gasteiger partial charge in [-0.3, -0.25) is 4.79 Å². The third kappa shape index (κ3) is 3.89. The van der Waals surface area contributed by atoms with E-state index in [-0.39, 0.29) is 25.4 Å². The topological polar surface area (TPSA) is 54.5 Å². The van der Waals surface area contributed by atoms with Crippen molar-refractivity contribution in [2.75, 3.05) is 12.3 Å². The molecule has 1 aliphatic rings. The van der Waals surface area contributed by atoms with E-state index < -0.39 is 27.7 Å². The van der Waals surface area contributed by atoms with Crippen molar-refractivity contribution in [3.8, 4) is 0 Å². The van der Waals surface area contributed by atoms with Crippen LogP contribution in [0.3, 0.4) is 0 Å². The molecule has 8 heteroatoms. The summed E-state index contributed by atoms with van der Waals surface area (Å²) in [6.45, 7) is 0.201. The van der Waals surface area contributed by atoms with Gasteiger partial charge < -0.3 is 4.90 Å². The number of hydrogen-bond acceptors (Lipinski definition) is 3. The number of benzene rings is 1. The summed E-state index contributed by atoms with van der Waals surface area (Å²) in [5.74, 6) is -2.02. The summed E-state index contributed by atoms with van der Waals surface area (Å²) >= 11 is 5.90. The van der Waals surface area contributed by atoms with Gasteiger partial charge in [-0.1, -0.05) is 11.6 Å². The fourth-order valence-electron chi connectivity index (χ4n) is 2.27. The molecule has 0 radical (unpaired) electrons. The van der Waals surface area contributed by atoms with Gasteiger partial charge in [-0.15, -0.1) is 3.89 Å². The molecule has 1 aromatic rings. The Kier molecular flexibility index (Phi) is 4.29. The third-order valence-corrected chi connectivity index (χ3v) is 4.34. The number of halogens is 3. The van der Waals surface area contributed by atoms with E-state index in [2.05, 4.69) is 0 Å². The van der Waals surface area contributed by atoms with Gasteiger partial charge in [0.15, 0.2) is 0 Å². The van der Waals surface area contributed by atoms with Gasteiger partial charge in [-0.05, 0) is 23.8 Å². The van der Waals surface area contributed by atoms with E-state index in [9.17, 15) is 21.5 Å². The molecule has 1 aliphatic heterocycles. The summed E-state index contributed by atoms with van der Waals surface area (Å²) in [7, 11) is -4.61. The summed E-state index contributed by atoms with van der Waals surface area (Å²) < 4.78 is 46.9. The minimum absolute atomic E-state index is 0.0317. The Morgan fingerprint density at radius 1 is 1.40 bits per heavy atom. The molecule has 0 aromatic heterocycles. The lowest BCUT2D eigenvalue weighted by Crippen LogP contribution is -2.25. The van der Waals surface area contributed by atoms with Crippen molar-refractivity contribution >= 4 is 27.7 Å². The predicted molar refractivity (Wildman–Crippen MR) is 69.8 cm³/mol. The van der Waals surface area contributed by atoms with Crippen LogP contribution in [0.5, 0.6) is 0 Å². The van der Waals surface area contributed by atoms with E-state index in [0.29, 0.717) is 10.6 Å². The van der Waals surface area contributed by atoms with E-state index in [1.165, 1.54) is 23.1 Å². The fourth-order valence-corrected chi connectivity index (χ4v) is 3.23. The summed E-state index contributed by atoms with van der Waals surface area (Å²) in [5, 5.41) is 0.320. The summed E-state index contributed by atoms with van der Waals surface area (Å²) in [4.78, 5) is 13.1. The molecule has 1 heterocycles. The van der Waals surface area contributed by atoms with Gasteiger partial charge in [0.2, 0.25) is 5.91 Å². The lowest BCUT2D eigenvalue weighted by atomic mass is 10.1. The van der Waals surface area contributed by atoms with Crippen LogP contribution in [-0.4, -0.2) is 31.5 Å². The van der Waals surface area contributed by atoms with E-state index in [0.717, 1.165) is 0 Å². The molecule has 1 amide bonds. The molecule has 0 aliphatic carbocycles. The second kappa shape index (κ2) is 5.65. The highest BCUT2D eigenvalue weighted by molar-refractivity contribution is 7.86. The van der Waals surface area contributed by atoms with Gasteiger partial charge >= 0.3 is 10.2 Å². The number of rotatable bonds is 4. The van der Waals surface area contributed by atoms with Crippen molar-refractivity contribution in [3.05, 3.63) is 34.6 Å². The van der Waals surface area contributed by atoms with Crippen molar-refractivity contribution in [2.24, 2.45) is 5.92 Å². The van der Waals surface area contributed by atoms with Gasteiger partial charge in [0.25, 0.3) is 0 Å². The molecule has 1 atom stereocenters. The lowest BCUT2D eigenvalue weighted by molar-refractivity contribution is -0.128. The first-order valence-electron chi connectivity index (χ1n) is 5.88. The smallest absolute Gasteiger partial charge is 0.302 e. The first-order valence-corrected chi connectivity index (χ1v) is 7.81. The Morgan fingerprint density at radius 2 is 2.10 bits per heavy atom. The van der Waals surface area contributed by atoms with Crippen LogP contribution in [0, 0.1) is 11.7 Å². The number of carbonyl (C=O) groups is 1. The van der Waals surface area contributed by atoms with Gasteiger partial charge in [-0.25, -0.2) is 4.39 Å². The van der Waals surface area contributed by atoms with E-state index in [1.54, 1.807) is 0 Å². The second-order valence-corrected chi connectivity index (χ2v) is 6.60. The maximum Gasteiger partial charge on any atom is 0.302 e. The molecule has 0 N–H and O–H groups in total. The molecule has 20 heavy (non-hydrogen) atoms. The Bertz CT molecular complexity index is 636. The molecular formula is C12H12ClF2NO3S. The maximum absolute atomic E-state index is 13.1. The Hall–Kier alpha value is -1.21. The summed E-state index contributed by atoms with van der Waals surface area (Å²) in [6.07, 6.45) is -0.0317. The molecule has 1 aromatic carbocycles. The Labute approximate surface area is 120 Å². The average Bonchev–Trinajstić information content (AvgIpc) is 2.62. The van der Waals surface area contributed by atoms with Crippen LogP contribution in [0.15, 0.2) is 18.2 Å². The van der Waals surface area contributed by atoms with Gasteiger partial charge in [0.1, 0.15) is 5.82 Å². The minimum atomic E-state index is -4.61. The van der Waals surface area contributed by atoms with Crippen molar-refractivity contribution in [3.63, 3.8) is 0 Å². The predicted octanol–water partition coefficient (Wildman–Crippen LogP) is 2.13. The molecular weight excluding hydrogens is 312 g/mol. The van der Waals surface area contributed by atoms with E-state index >= 15 is 0 Å².